The highest BCUT2D eigenvalue weighted by atomic mass is 32.2. The number of hydrazine groups is 1. The Morgan fingerprint density at radius 2 is 1.65 bits per heavy atom. The lowest BCUT2D eigenvalue weighted by molar-refractivity contribution is -0.116. The molecule has 0 aromatic heterocycles. The van der Waals surface area contributed by atoms with Crippen molar-refractivity contribution in [2.75, 3.05) is 29.2 Å². The van der Waals surface area contributed by atoms with Gasteiger partial charge >= 0.3 is 6.03 Å². The number of carbonyl (C=O) groups is 2. The second-order valence-electron chi connectivity index (χ2n) is 5.65. The summed E-state index contributed by atoms with van der Waals surface area (Å²) in [6.07, 6.45) is 2.61. The molecule has 0 saturated carbocycles. The van der Waals surface area contributed by atoms with E-state index in [0.717, 1.165) is 29.5 Å². The number of carbonyl (C=O) groups excluding carboxylic acids is 2. The zero-order valence-electron chi connectivity index (χ0n) is 16.6. The second kappa shape index (κ2) is 15.5. The third-order valence-corrected chi connectivity index (χ3v) is 4.84. The molecule has 0 saturated heterocycles. The smallest absolute Gasteiger partial charge is 0.326 e. The first-order valence-corrected chi connectivity index (χ1v) is 10.4. The molecule has 0 aliphatic rings. The fraction of sp³-hybridized carbons (Fsp3) is 0.579. The molecule has 26 heavy (non-hydrogen) atoms. The molecule has 1 aromatic carbocycles. The van der Waals surface area contributed by atoms with Crippen molar-refractivity contribution in [1.29, 1.82) is 0 Å². The highest BCUT2D eigenvalue weighted by Gasteiger charge is 2.04. The first-order chi connectivity index (χ1) is 12.5. The first kappa shape index (κ1) is 24.3. The lowest BCUT2D eigenvalue weighted by Crippen LogP contribution is -2.37. The molecular weight excluding hydrogens is 348 g/mol. The molecule has 148 valence electrons. The molecular formula is C19H34N4O2S. The Morgan fingerprint density at radius 1 is 1.08 bits per heavy atom. The van der Waals surface area contributed by atoms with Crippen molar-refractivity contribution in [3.05, 3.63) is 24.3 Å². The van der Waals surface area contributed by atoms with Crippen molar-refractivity contribution < 1.29 is 9.59 Å². The maximum absolute atomic E-state index is 11.9. The van der Waals surface area contributed by atoms with E-state index in [1.165, 1.54) is 6.42 Å². The van der Waals surface area contributed by atoms with Crippen molar-refractivity contribution in [2.24, 2.45) is 5.92 Å². The van der Waals surface area contributed by atoms with E-state index in [4.69, 9.17) is 0 Å². The van der Waals surface area contributed by atoms with Crippen molar-refractivity contribution in [3.8, 4) is 0 Å². The van der Waals surface area contributed by atoms with E-state index < -0.39 is 0 Å². The molecule has 4 N–H and O–H groups in total. The summed E-state index contributed by atoms with van der Waals surface area (Å²) >= 11 is 1.91. The zero-order valence-corrected chi connectivity index (χ0v) is 17.5. The number of amides is 3. The summed E-state index contributed by atoms with van der Waals surface area (Å²) in [7, 11) is 1.61. The van der Waals surface area contributed by atoms with Gasteiger partial charge in [-0.1, -0.05) is 34.1 Å². The maximum atomic E-state index is 11.9. The van der Waals surface area contributed by atoms with Gasteiger partial charge in [0.1, 0.15) is 0 Å². The molecule has 0 fully saturated rings. The topological polar surface area (TPSA) is 82.3 Å². The van der Waals surface area contributed by atoms with Gasteiger partial charge in [-0.2, -0.15) is 11.8 Å². The van der Waals surface area contributed by atoms with Gasteiger partial charge in [0, 0.05) is 24.8 Å². The average Bonchev–Trinajstić information content (AvgIpc) is 2.64. The summed E-state index contributed by atoms with van der Waals surface area (Å²) in [6.45, 7) is 8.45. The van der Waals surface area contributed by atoms with E-state index in [2.05, 4.69) is 35.3 Å². The van der Waals surface area contributed by atoms with Crippen molar-refractivity contribution >= 4 is 35.1 Å². The Bertz CT molecular complexity index is 509. The number of urea groups is 1. The lowest BCUT2D eigenvalue weighted by atomic mass is 10.2. The van der Waals surface area contributed by atoms with E-state index in [-0.39, 0.29) is 11.9 Å². The number of rotatable bonds is 10. The van der Waals surface area contributed by atoms with Gasteiger partial charge in [0.2, 0.25) is 5.91 Å². The fourth-order valence-electron chi connectivity index (χ4n) is 1.87. The van der Waals surface area contributed by atoms with Crippen LogP contribution in [-0.4, -0.2) is 30.5 Å². The van der Waals surface area contributed by atoms with E-state index in [0.29, 0.717) is 12.1 Å². The number of thioether (sulfide) groups is 1. The van der Waals surface area contributed by atoms with Gasteiger partial charge in [-0.25, -0.2) is 10.2 Å². The van der Waals surface area contributed by atoms with Gasteiger partial charge in [-0.3, -0.25) is 10.2 Å². The van der Waals surface area contributed by atoms with Crippen LogP contribution in [0, 0.1) is 5.92 Å². The molecule has 1 atom stereocenters. The largest absolute Gasteiger partial charge is 0.333 e. The predicted molar refractivity (Wildman–Crippen MR) is 114 cm³/mol. The standard InChI is InChI=1S/C17H28N4O2S.C2H6/c1-4-13(2)12-24-11-5-6-16(22)19-14-7-9-15(10-8-14)20-17(23)21-18-3;1-2/h7-10,13,18H,4-6,11-12H2,1-3H3,(H,19,22)(H2,20,21,23);1-2H3. The summed E-state index contributed by atoms with van der Waals surface area (Å²) in [5.41, 5.74) is 6.34. The molecule has 7 heteroatoms. The van der Waals surface area contributed by atoms with Gasteiger partial charge in [-0.05, 0) is 48.1 Å². The van der Waals surface area contributed by atoms with Crippen molar-refractivity contribution in [3.63, 3.8) is 0 Å². The molecule has 0 aliphatic heterocycles. The van der Waals surface area contributed by atoms with Crippen LogP contribution in [0.25, 0.3) is 0 Å². The van der Waals surface area contributed by atoms with Gasteiger partial charge in [0.15, 0.2) is 0 Å². The quantitative estimate of drug-likeness (QED) is 0.355. The van der Waals surface area contributed by atoms with Crippen LogP contribution in [0.4, 0.5) is 16.2 Å². The molecule has 3 amide bonds. The molecule has 6 nitrogen and oxygen atoms in total. The summed E-state index contributed by atoms with van der Waals surface area (Å²) in [5, 5.41) is 5.53. The van der Waals surface area contributed by atoms with Gasteiger partial charge in [-0.15, -0.1) is 0 Å². The van der Waals surface area contributed by atoms with Gasteiger partial charge < -0.3 is 10.6 Å². The van der Waals surface area contributed by atoms with E-state index in [9.17, 15) is 9.59 Å². The number of anilines is 2. The molecule has 1 unspecified atom stereocenters. The molecule has 1 aromatic rings. The van der Waals surface area contributed by atoms with Crippen LogP contribution < -0.4 is 21.5 Å². The maximum Gasteiger partial charge on any atom is 0.333 e. The lowest BCUT2D eigenvalue weighted by Gasteiger charge is -2.09. The van der Waals surface area contributed by atoms with Crippen molar-refractivity contribution in [2.45, 2.75) is 47.0 Å². The first-order valence-electron chi connectivity index (χ1n) is 9.26. The Morgan fingerprint density at radius 3 is 2.19 bits per heavy atom. The minimum absolute atomic E-state index is 0.0211. The number of hydrogen-bond donors (Lipinski definition) is 4. The molecule has 0 spiro atoms. The second-order valence-corrected chi connectivity index (χ2v) is 6.80. The average molecular weight is 383 g/mol. The van der Waals surface area contributed by atoms with E-state index in [1.54, 1.807) is 31.3 Å². The van der Waals surface area contributed by atoms with Crippen molar-refractivity contribution in [1.82, 2.24) is 10.9 Å². The van der Waals surface area contributed by atoms with Gasteiger partial charge in [0.25, 0.3) is 0 Å². The van der Waals surface area contributed by atoms with Crippen LogP contribution in [-0.2, 0) is 4.79 Å². The monoisotopic (exact) mass is 382 g/mol. The minimum atomic E-state index is -0.343. The van der Waals surface area contributed by atoms with Gasteiger partial charge in [0.05, 0.1) is 0 Å². The summed E-state index contributed by atoms with van der Waals surface area (Å²) in [5.74, 6) is 2.94. The van der Waals surface area contributed by atoms with Crippen LogP contribution >= 0.6 is 11.8 Å². The van der Waals surface area contributed by atoms with E-state index in [1.807, 2.05) is 25.6 Å². The highest BCUT2D eigenvalue weighted by Crippen LogP contribution is 2.15. The third-order valence-electron chi connectivity index (χ3n) is 3.46. The van der Waals surface area contributed by atoms with Crippen LogP contribution in [0.1, 0.15) is 47.0 Å². The Kier molecular flexibility index (Phi) is 14.5. The van der Waals surface area contributed by atoms with Crippen LogP contribution in [0.3, 0.4) is 0 Å². The van der Waals surface area contributed by atoms with Crippen LogP contribution in [0.2, 0.25) is 0 Å². The SMILES string of the molecule is CC.CCC(C)CSCCCC(=O)Nc1ccc(NC(=O)NNC)cc1. The Balaban J connectivity index is 0.00000301. The molecule has 0 radical (unpaired) electrons. The number of hydrogen-bond acceptors (Lipinski definition) is 4. The van der Waals surface area contributed by atoms with Crippen LogP contribution in [0.15, 0.2) is 24.3 Å². The number of benzene rings is 1. The molecule has 0 bridgehead atoms. The molecule has 0 aliphatic carbocycles. The molecule has 0 heterocycles. The summed E-state index contributed by atoms with van der Waals surface area (Å²) in [6, 6.07) is 6.68. The van der Waals surface area contributed by atoms with E-state index >= 15 is 0 Å². The molecule has 1 rings (SSSR count). The predicted octanol–water partition coefficient (Wildman–Crippen LogP) is 4.47. The minimum Gasteiger partial charge on any atom is -0.326 e. The Labute approximate surface area is 162 Å². The Hall–Kier alpha value is -1.73. The zero-order chi connectivity index (χ0) is 19.8. The number of nitrogens with one attached hydrogen (secondary N) is 4. The normalized spacial score (nSPS) is 11.0. The van der Waals surface area contributed by atoms with Crippen LogP contribution in [0.5, 0.6) is 0 Å². The highest BCUT2D eigenvalue weighted by molar-refractivity contribution is 7.99. The third kappa shape index (κ3) is 11.8. The fourth-order valence-corrected chi connectivity index (χ4v) is 3.03. The summed E-state index contributed by atoms with van der Waals surface area (Å²) in [4.78, 5) is 23.3. The summed E-state index contributed by atoms with van der Waals surface area (Å²) < 4.78 is 0.